The number of aromatic nitrogens is 6. The second kappa shape index (κ2) is 33.2. The Morgan fingerprint density at radius 2 is 0.859 bits per heavy atom. The van der Waals surface area contributed by atoms with Gasteiger partial charge in [0.05, 0.1) is 11.4 Å². The first kappa shape index (κ1) is 63.5. The fourth-order valence-corrected chi connectivity index (χ4v) is 5.62. The van der Waals surface area contributed by atoms with Crippen molar-refractivity contribution in [3.63, 3.8) is 0 Å². The standard InChI is InChI=1S/C17H14N2O2.C16H13N3O2.C12H11BO3.C5H6N2O.2Ac.Cu.2H2O/c1-13(20)17-11-12-19(18-17)14-7-9-16(10-8-14)21-15-5-3-2-4-6-15;17-16(20)15-10-11-19(18-15)12-6-8-14(9-7-12)21-13-4-2-1-3-5-13;14-13(15)10-6-8-12(9-7-10)16-11-4-2-1-3-5-11;1-4(8)5-2-3-6-7-5;;;;;/h2-12H,1H3;1-11H,(H2,17,20);1-9,14-15H;2-3H,1H3,(H,6,7);;;;2*1H2. The molecule has 9 aromatic rings. The van der Waals surface area contributed by atoms with E-state index >= 15 is 0 Å². The Hall–Kier alpha value is -5.53. The summed E-state index contributed by atoms with van der Waals surface area (Å²) in [6.07, 6.45) is 5.01. The smallest absolute Gasteiger partial charge is 0.457 e. The molecule has 363 valence electrons. The van der Waals surface area contributed by atoms with Crippen molar-refractivity contribution < 1.29 is 155 Å². The quantitative estimate of drug-likeness (QED) is 0.0734. The molecule has 0 spiro atoms. The van der Waals surface area contributed by atoms with Crippen LogP contribution >= 0.6 is 0 Å². The number of amides is 1. The monoisotopic (exact) mass is 1430 g/mol. The molecular formula is C50H48Ac2BCuN7O10. The predicted molar refractivity (Wildman–Crippen MR) is 257 cm³/mol. The Bertz CT molecular complexity index is 2770. The van der Waals surface area contributed by atoms with Crippen molar-refractivity contribution >= 4 is 30.1 Å². The largest absolute Gasteiger partial charge is 0.488 e. The fourth-order valence-electron chi connectivity index (χ4n) is 5.62. The van der Waals surface area contributed by atoms with Crippen LogP contribution in [0.15, 0.2) is 201 Å². The van der Waals surface area contributed by atoms with E-state index in [1.165, 1.54) is 13.8 Å². The molecule has 1 amide bonds. The van der Waals surface area contributed by atoms with E-state index in [-0.39, 0.29) is 133 Å². The average Bonchev–Trinajstić information content (AvgIpc) is 4.16. The number of ether oxygens (including phenoxy) is 3. The van der Waals surface area contributed by atoms with Crippen LogP contribution in [0.3, 0.4) is 0 Å². The third kappa shape index (κ3) is 21.0. The van der Waals surface area contributed by atoms with Crippen molar-refractivity contribution in [2.24, 2.45) is 5.73 Å². The summed E-state index contributed by atoms with van der Waals surface area (Å²) in [4.78, 5) is 32.7. The number of carbonyl (C=O) groups excluding carboxylic acids is 3. The molecule has 0 aliphatic heterocycles. The first-order valence-electron chi connectivity index (χ1n) is 20.3. The van der Waals surface area contributed by atoms with E-state index in [4.69, 9.17) is 30.0 Å². The Morgan fingerprint density at radius 1 is 0.507 bits per heavy atom. The van der Waals surface area contributed by atoms with Gasteiger partial charge in [-0.2, -0.15) is 15.3 Å². The number of Topliss-reactive ketones (excluding diaryl/α,β-unsaturated/α-hetero) is 2. The zero-order valence-electron chi connectivity index (χ0n) is 38.2. The van der Waals surface area contributed by atoms with Crippen LogP contribution in [0.25, 0.3) is 11.4 Å². The predicted octanol–water partition coefficient (Wildman–Crippen LogP) is 6.75. The van der Waals surface area contributed by atoms with Gasteiger partial charge >= 0.3 is 7.12 Å². The maximum absolute atomic E-state index is 11.3. The van der Waals surface area contributed by atoms with Gasteiger partial charge in [-0.3, -0.25) is 19.5 Å². The van der Waals surface area contributed by atoms with Crippen molar-refractivity contribution in [2.45, 2.75) is 13.8 Å². The molecule has 0 saturated carbocycles. The van der Waals surface area contributed by atoms with Gasteiger partial charge < -0.3 is 40.9 Å². The number of hydrogen-bond acceptors (Lipinski definition) is 11. The zero-order chi connectivity index (χ0) is 46.7. The van der Waals surface area contributed by atoms with Crippen molar-refractivity contribution in [2.75, 3.05) is 0 Å². The zero-order valence-corrected chi connectivity index (χ0v) is 48.7. The van der Waals surface area contributed by atoms with Crippen LogP contribution in [0.4, 0.5) is 0 Å². The molecule has 3 heterocycles. The number of hydrogen-bond donors (Lipinski definition) is 4. The van der Waals surface area contributed by atoms with Gasteiger partial charge in [-0.15, -0.1) is 0 Å². The van der Waals surface area contributed by atoms with E-state index in [9.17, 15) is 14.4 Å². The third-order valence-electron chi connectivity index (χ3n) is 8.99. The van der Waals surface area contributed by atoms with E-state index < -0.39 is 13.0 Å². The second-order valence-corrected chi connectivity index (χ2v) is 13.9. The number of rotatable bonds is 12. The van der Waals surface area contributed by atoms with Gasteiger partial charge in [0.1, 0.15) is 51.6 Å². The number of para-hydroxylation sites is 3. The minimum absolute atomic E-state index is 0. The van der Waals surface area contributed by atoms with Crippen molar-refractivity contribution in [1.82, 2.24) is 29.8 Å². The Kier molecular flexibility index (Phi) is 29.7. The topological polar surface area (TPSA) is 273 Å². The van der Waals surface area contributed by atoms with Crippen molar-refractivity contribution in [3.8, 4) is 45.9 Å². The maximum atomic E-state index is 11.3. The number of nitrogens with two attached hydrogens (primary N) is 1. The van der Waals surface area contributed by atoms with Crippen LogP contribution in [0.5, 0.6) is 34.5 Å². The molecule has 0 unspecified atom stereocenters. The first-order chi connectivity index (χ1) is 32.0. The molecule has 3 aromatic heterocycles. The van der Waals surface area contributed by atoms with Crippen LogP contribution < -0.4 is 25.4 Å². The molecule has 6 aromatic carbocycles. The molecule has 0 atom stereocenters. The minimum Gasteiger partial charge on any atom is -0.457 e. The number of primary amides is 1. The molecular weight excluding hydrogens is 1390 g/mol. The molecule has 9 rings (SSSR count). The SMILES string of the molecule is CC(=O)c1ccn(-c2ccc(Oc3ccccc3)cc2)n1.CC(=O)c1ccn[nH]1.NC(=O)c1ccn(-c2ccc(Oc3ccccc3)cc2)n1.O.O.OB(O)c1ccc(Oc2ccccc2)cc1.[Ac].[Ac].[Cu]. The summed E-state index contributed by atoms with van der Waals surface area (Å²) in [5.41, 5.74) is 8.58. The average molecular weight is 1440 g/mol. The van der Waals surface area contributed by atoms with Gasteiger partial charge in [0, 0.05) is 138 Å². The van der Waals surface area contributed by atoms with Gasteiger partial charge in [0.15, 0.2) is 11.6 Å². The van der Waals surface area contributed by atoms with E-state index in [0.29, 0.717) is 22.6 Å². The molecule has 0 fully saturated rings. The van der Waals surface area contributed by atoms with Crippen LogP contribution in [0, 0.1) is 88.1 Å². The third-order valence-corrected chi connectivity index (χ3v) is 8.99. The summed E-state index contributed by atoms with van der Waals surface area (Å²) in [6, 6.07) is 55.0. The number of carbonyl (C=O) groups is 3. The van der Waals surface area contributed by atoms with Crippen LogP contribution in [0.1, 0.15) is 45.3 Å². The molecule has 0 aliphatic carbocycles. The van der Waals surface area contributed by atoms with E-state index in [1.54, 1.807) is 70.4 Å². The van der Waals surface area contributed by atoms with Gasteiger partial charge in [0.25, 0.3) is 5.91 Å². The summed E-state index contributed by atoms with van der Waals surface area (Å²) in [7, 11) is -1.44. The molecule has 0 saturated heterocycles. The number of nitrogens with zero attached hydrogens (tertiary/aromatic N) is 5. The van der Waals surface area contributed by atoms with Crippen LogP contribution in [-0.4, -0.2) is 75.4 Å². The Balaban J connectivity index is 0.000000481. The molecule has 71 heavy (non-hydrogen) atoms. The van der Waals surface area contributed by atoms with Gasteiger partial charge in [-0.05, 0) is 121 Å². The molecule has 0 aliphatic rings. The van der Waals surface area contributed by atoms with E-state index in [1.807, 2.05) is 140 Å². The molecule has 0 bridgehead atoms. The molecule has 3 radical (unpaired) electrons. The van der Waals surface area contributed by atoms with Gasteiger partial charge in [-0.1, -0.05) is 66.7 Å². The Labute approximate surface area is 492 Å². The molecule has 9 N–H and O–H groups in total. The molecule has 21 heteroatoms. The van der Waals surface area contributed by atoms with Crippen LogP contribution in [0.2, 0.25) is 0 Å². The minimum atomic E-state index is -1.44. The number of aromatic amines is 1. The van der Waals surface area contributed by atoms with E-state index in [2.05, 4.69) is 20.4 Å². The summed E-state index contributed by atoms with van der Waals surface area (Å²) in [5.74, 6) is 3.90. The van der Waals surface area contributed by atoms with Crippen molar-refractivity contribution in [1.29, 1.82) is 0 Å². The van der Waals surface area contributed by atoms with Gasteiger partial charge in [0.2, 0.25) is 0 Å². The summed E-state index contributed by atoms with van der Waals surface area (Å²) < 4.78 is 20.2. The number of ketones is 2. The molecule has 17 nitrogen and oxygen atoms in total. The summed E-state index contributed by atoms with van der Waals surface area (Å²) in [5, 5.41) is 32.3. The summed E-state index contributed by atoms with van der Waals surface area (Å²) in [6.45, 7) is 3.00. The maximum Gasteiger partial charge on any atom is 0.488 e. The van der Waals surface area contributed by atoms with Gasteiger partial charge in [-0.25, -0.2) is 9.36 Å². The second-order valence-electron chi connectivity index (χ2n) is 13.9. The summed E-state index contributed by atoms with van der Waals surface area (Å²) >= 11 is 0. The first-order valence-corrected chi connectivity index (χ1v) is 20.3. The van der Waals surface area contributed by atoms with Crippen LogP contribution in [-0.2, 0) is 17.1 Å². The number of H-pyrrole nitrogens is 1. The normalized spacial score (nSPS) is 9.35. The Morgan fingerprint density at radius 3 is 1.14 bits per heavy atom. The van der Waals surface area contributed by atoms with Crippen molar-refractivity contribution in [3.05, 3.63) is 218 Å². The number of nitrogens with one attached hydrogen (secondary N) is 1. The van der Waals surface area contributed by atoms with E-state index in [0.717, 1.165) is 40.1 Å². The fraction of sp³-hybridized carbons (Fsp3) is 0.0400. The number of benzene rings is 6.